The highest BCUT2D eigenvalue weighted by molar-refractivity contribution is 5.95. The van der Waals surface area contributed by atoms with Gasteiger partial charge in [0.1, 0.15) is 5.82 Å². The summed E-state index contributed by atoms with van der Waals surface area (Å²) >= 11 is 0. The van der Waals surface area contributed by atoms with Gasteiger partial charge in [-0.2, -0.15) is 0 Å². The summed E-state index contributed by atoms with van der Waals surface area (Å²) in [7, 11) is 3.29. The van der Waals surface area contributed by atoms with Gasteiger partial charge in [0.2, 0.25) is 0 Å². The second-order valence-electron chi connectivity index (χ2n) is 4.52. The standard InChI is InChI=1S/C13H21N3O2/c1-5-9(2)8-16(3)12-6-10(13(17)18-4)11(14)7-15-12/h6-7,9H,5,8,14H2,1-4H3. The first kappa shape index (κ1) is 14.3. The van der Waals surface area contributed by atoms with Crippen LogP contribution in [0.15, 0.2) is 12.3 Å². The Morgan fingerprint density at radius 2 is 2.28 bits per heavy atom. The summed E-state index contributed by atoms with van der Waals surface area (Å²) in [5.74, 6) is 0.855. The van der Waals surface area contributed by atoms with E-state index in [1.165, 1.54) is 13.3 Å². The zero-order chi connectivity index (χ0) is 13.7. The SMILES string of the molecule is CCC(C)CN(C)c1cc(C(=O)OC)c(N)cn1. The number of esters is 1. The Balaban J connectivity index is 2.94. The lowest BCUT2D eigenvalue weighted by atomic mass is 10.1. The Morgan fingerprint density at radius 3 is 2.83 bits per heavy atom. The molecule has 0 aliphatic carbocycles. The minimum atomic E-state index is -0.437. The molecule has 0 amide bonds. The number of aromatic nitrogens is 1. The smallest absolute Gasteiger partial charge is 0.340 e. The molecule has 0 aliphatic rings. The second kappa shape index (κ2) is 6.23. The Kier molecular flexibility index (Phi) is 4.95. The Hall–Kier alpha value is -1.78. The quantitative estimate of drug-likeness (QED) is 0.810. The summed E-state index contributed by atoms with van der Waals surface area (Å²) in [6, 6.07) is 1.67. The number of hydrogen-bond acceptors (Lipinski definition) is 5. The largest absolute Gasteiger partial charge is 0.465 e. The summed E-state index contributed by atoms with van der Waals surface area (Å²) in [6.45, 7) is 5.21. The molecule has 5 heteroatoms. The van der Waals surface area contributed by atoms with Gasteiger partial charge < -0.3 is 15.4 Å². The van der Waals surface area contributed by atoms with Gasteiger partial charge in [-0.25, -0.2) is 9.78 Å². The highest BCUT2D eigenvalue weighted by atomic mass is 16.5. The molecule has 1 aromatic heterocycles. The van der Waals surface area contributed by atoms with Gasteiger partial charge in [0.05, 0.1) is 24.6 Å². The van der Waals surface area contributed by atoms with Crippen molar-refractivity contribution in [2.45, 2.75) is 20.3 Å². The maximum absolute atomic E-state index is 11.5. The van der Waals surface area contributed by atoms with Gasteiger partial charge in [-0.15, -0.1) is 0 Å². The van der Waals surface area contributed by atoms with Crippen LogP contribution in [0.2, 0.25) is 0 Å². The Labute approximate surface area is 108 Å². The first-order chi connectivity index (χ1) is 8.49. The minimum absolute atomic E-state index is 0.336. The van der Waals surface area contributed by atoms with Crippen molar-refractivity contribution in [2.75, 3.05) is 31.3 Å². The van der Waals surface area contributed by atoms with E-state index in [1.807, 2.05) is 11.9 Å². The first-order valence-corrected chi connectivity index (χ1v) is 6.04. The number of nitrogens with zero attached hydrogens (tertiary/aromatic N) is 2. The molecule has 5 nitrogen and oxygen atoms in total. The van der Waals surface area contributed by atoms with E-state index in [-0.39, 0.29) is 0 Å². The van der Waals surface area contributed by atoms with Gasteiger partial charge in [-0.05, 0) is 12.0 Å². The minimum Gasteiger partial charge on any atom is -0.465 e. The van der Waals surface area contributed by atoms with Crippen molar-refractivity contribution >= 4 is 17.5 Å². The number of carbonyl (C=O) groups excluding carboxylic acids is 1. The van der Waals surface area contributed by atoms with Crippen molar-refractivity contribution in [3.05, 3.63) is 17.8 Å². The van der Waals surface area contributed by atoms with Gasteiger partial charge in [0.25, 0.3) is 0 Å². The second-order valence-corrected chi connectivity index (χ2v) is 4.52. The topological polar surface area (TPSA) is 68.5 Å². The normalized spacial score (nSPS) is 12.0. The number of anilines is 2. The van der Waals surface area contributed by atoms with Gasteiger partial charge >= 0.3 is 5.97 Å². The van der Waals surface area contributed by atoms with Crippen LogP contribution in [0, 0.1) is 5.92 Å². The van der Waals surface area contributed by atoms with E-state index in [4.69, 9.17) is 5.73 Å². The molecular formula is C13H21N3O2. The molecule has 1 atom stereocenters. The number of nitrogen functional groups attached to an aromatic ring is 1. The van der Waals surface area contributed by atoms with Crippen LogP contribution in [0.25, 0.3) is 0 Å². The predicted octanol–water partition coefficient (Wildman–Crippen LogP) is 1.93. The third kappa shape index (κ3) is 3.35. The molecular weight excluding hydrogens is 230 g/mol. The molecule has 0 aromatic carbocycles. The van der Waals surface area contributed by atoms with Crippen LogP contribution in [0.5, 0.6) is 0 Å². The molecule has 0 bridgehead atoms. The van der Waals surface area contributed by atoms with Crippen molar-refractivity contribution in [1.29, 1.82) is 0 Å². The van der Waals surface area contributed by atoms with Crippen LogP contribution in [-0.4, -0.2) is 31.7 Å². The zero-order valence-corrected chi connectivity index (χ0v) is 11.4. The van der Waals surface area contributed by atoms with E-state index >= 15 is 0 Å². The van der Waals surface area contributed by atoms with E-state index in [2.05, 4.69) is 23.6 Å². The molecule has 0 fully saturated rings. The van der Waals surface area contributed by atoms with Crippen molar-refractivity contribution < 1.29 is 9.53 Å². The maximum atomic E-state index is 11.5. The molecule has 0 saturated heterocycles. The fourth-order valence-electron chi connectivity index (χ4n) is 1.64. The first-order valence-electron chi connectivity index (χ1n) is 6.04. The van der Waals surface area contributed by atoms with E-state index in [9.17, 15) is 4.79 Å². The number of hydrogen-bond donors (Lipinski definition) is 1. The predicted molar refractivity (Wildman–Crippen MR) is 72.7 cm³/mol. The van der Waals surface area contributed by atoms with Crippen molar-refractivity contribution in [2.24, 2.45) is 5.92 Å². The van der Waals surface area contributed by atoms with Crippen LogP contribution in [0.3, 0.4) is 0 Å². The zero-order valence-electron chi connectivity index (χ0n) is 11.4. The molecule has 100 valence electrons. The van der Waals surface area contributed by atoms with Gasteiger partial charge in [-0.3, -0.25) is 0 Å². The van der Waals surface area contributed by atoms with E-state index in [0.29, 0.717) is 17.2 Å². The lowest BCUT2D eigenvalue weighted by Crippen LogP contribution is -2.25. The third-order valence-corrected chi connectivity index (χ3v) is 3.00. The molecule has 1 heterocycles. The molecule has 0 radical (unpaired) electrons. The fourth-order valence-corrected chi connectivity index (χ4v) is 1.64. The third-order valence-electron chi connectivity index (χ3n) is 3.00. The number of ether oxygens (including phenoxy) is 1. The van der Waals surface area contributed by atoms with Crippen molar-refractivity contribution in [3.63, 3.8) is 0 Å². The molecule has 0 spiro atoms. The Morgan fingerprint density at radius 1 is 1.61 bits per heavy atom. The monoisotopic (exact) mass is 251 g/mol. The molecule has 1 rings (SSSR count). The van der Waals surface area contributed by atoms with E-state index in [1.54, 1.807) is 6.07 Å². The summed E-state index contributed by atoms with van der Waals surface area (Å²) < 4.78 is 4.69. The number of nitrogens with two attached hydrogens (primary N) is 1. The van der Waals surface area contributed by atoms with Gasteiger partial charge in [0.15, 0.2) is 0 Å². The number of methoxy groups -OCH3 is 1. The lowest BCUT2D eigenvalue weighted by Gasteiger charge is -2.22. The summed E-state index contributed by atoms with van der Waals surface area (Å²) in [4.78, 5) is 17.8. The molecule has 2 N–H and O–H groups in total. The van der Waals surface area contributed by atoms with E-state index < -0.39 is 5.97 Å². The lowest BCUT2D eigenvalue weighted by molar-refractivity contribution is 0.0602. The summed E-state index contributed by atoms with van der Waals surface area (Å²) in [5.41, 5.74) is 6.41. The van der Waals surface area contributed by atoms with Crippen LogP contribution in [0.4, 0.5) is 11.5 Å². The highest BCUT2D eigenvalue weighted by Crippen LogP contribution is 2.19. The molecule has 0 aliphatic heterocycles. The van der Waals surface area contributed by atoms with Crippen LogP contribution in [-0.2, 0) is 4.74 Å². The van der Waals surface area contributed by atoms with Crippen molar-refractivity contribution in [3.8, 4) is 0 Å². The molecule has 1 aromatic rings. The average molecular weight is 251 g/mol. The highest BCUT2D eigenvalue weighted by Gasteiger charge is 2.14. The summed E-state index contributed by atoms with van der Waals surface area (Å²) in [5, 5.41) is 0. The average Bonchev–Trinajstić information content (AvgIpc) is 2.38. The van der Waals surface area contributed by atoms with E-state index in [0.717, 1.165) is 18.8 Å². The number of pyridine rings is 1. The van der Waals surface area contributed by atoms with Crippen LogP contribution >= 0.6 is 0 Å². The van der Waals surface area contributed by atoms with Gasteiger partial charge in [-0.1, -0.05) is 20.3 Å². The fraction of sp³-hybridized carbons (Fsp3) is 0.538. The van der Waals surface area contributed by atoms with Crippen LogP contribution in [0.1, 0.15) is 30.6 Å². The molecule has 18 heavy (non-hydrogen) atoms. The summed E-state index contributed by atoms with van der Waals surface area (Å²) in [6.07, 6.45) is 2.60. The van der Waals surface area contributed by atoms with Crippen LogP contribution < -0.4 is 10.6 Å². The Bertz CT molecular complexity index is 421. The maximum Gasteiger partial charge on any atom is 0.340 e. The molecule has 1 unspecified atom stereocenters. The number of rotatable bonds is 5. The van der Waals surface area contributed by atoms with Gasteiger partial charge in [0, 0.05) is 13.6 Å². The number of carbonyl (C=O) groups is 1. The molecule has 0 saturated carbocycles. The van der Waals surface area contributed by atoms with Crippen molar-refractivity contribution in [1.82, 2.24) is 4.98 Å².